The van der Waals surface area contributed by atoms with Gasteiger partial charge in [0.1, 0.15) is 5.82 Å². The van der Waals surface area contributed by atoms with Crippen LogP contribution in [-0.4, -0.2) is 43.2 Å². The van der Waals surface area contributed by atoms with E-state index >= 15 is 0 Å². The third-order valence-corrected chi connectivity index (χ3v) is 4.84. The van der Waals surface area contributed by atoms with Crippen LogP contribution in [0.5, 0.6) is 0 Å². The van der Waals surface area contributed by atoms with E-state index < -0.39 is 0 Å². The van der Waals surface area contributed by atoms with Crippen LogP contribution in [0.1, 0.15) is 30.5 Å². The lowest BCUT2D eigenvalue weighted by molar-refractivity contribution is -0.0212. The number of guanidine groups is 1. The molecule has 1 saturated heterocycles. The predicted octanol–water partition coefficient (Wildman–Crippen LogP) is 3.92. The maximum atomic E-state index is 13.4. The van der Waals surface area contributed by atoms with E-state index in [1.54, 1.807) is 6.07 Å². The molecule has 5 nitrogen and oxygen atoms in total. The fraction of sp³-hybridized carbons (Fsp3) is 0.435. The van der Waals surface area contributed by atoms with Gasteiger partial charge in [0.15, 0.2) is 5.96 Å². The minimum atomic E-state index is -0.224. The summed E-state index contributed by atoms with van der Waals surface area (Å²) in [7, 11) is 0. The lowest BCUT2D eigenvalue weighted by Gasteiger charge is -2.31. The van der Waals surface area contributed by atoms with E-state index in [1.807, 2.05) is 13.0 Å². The van der Waals surface area contributed by atoms with Crippen LogP contribution in [0.2, 0.25) is 0 Å². The van der Waals surface area contributed by atoms with E-state index in [0.29, 0.717) is 19.2 Å². The van der Waals surface area contributed by atoms with Gasteiger partial charge in [-0.05, 0) is 42.7 Å². The number of hydrogen-bond donors (Lipinski definition) is 2. The number of ether oxygens (including phenoxy) is 1. The van der Waals surface area contributed by atoms with Crippen LogP contribution in [0, 0.1) is 5.82 Å². The van der Waals surface area contributed by atoms with Crippen LogP contribution in [0.15, 0.2) is 53.5 Å². The Bertz CT molecular complexity index is 817. The molecule has 0 spiro atoms. The number of nitrogens with zero attached hydrogens (tertiary/aromatic N) is 2. The molecular weight excluding hydrogens is 494 g/mol. The Balaban J connectivity index is 0.00000320. The molecule has 0 radical (unpaired) electrons. The van der Waals surface area contributed by atoms with Crippen molar-refractivity contribution in [3.63, 3.8) is 0 Å². The predicted molar refractivity (Wildman–Crippen MR) is 131 cm³/mol. The van der Waals surface area contributed by atoms with E-state index in [1.165, 1.54) is 23.3 Å². The minimum Gasteiger partial charge on any atom is -0.376 e. The number of halogens is 2. The van der Waals surface area contributed by atoms with Crippen LogP contribution < -0.4 is 10.6 Å². The molecular formula is C23H32FIN4O. The normalized spacial score (nSPS) is 17.3. The fourth-order valence-corrected chi connectivity index (χ4v) is 3.46. The summed E-state index contributed by atoms with van der Waals surface area (Å²) in [5.74, 6) is 0.502. The molecule has 0 bridgehead atoms. The summed E-state index contributed by atoms with van der Waals surface area (Å²) in [4.78, 5) is 7.12. The van der Waals surface area contributed by atoms with Crippen molar-refractivity contribution in [1.82, 2.24) is 15.5 Å². The Morgan fingerprint density at radius 2 is 1.90 bits per heavy atom. The van der Waals surface area contributed by atoms with E-state index in [9.17, 15) is 4.39 Å². The third kappa shape index (κ3) is 8.20. The Labute approximate surface area is 196 Å². The Morgan fingerprint density at radius 1 is 1.13 bits per heavy atom. The van der Waals surface area contributed by atoms with Crippen molar-refractivity contribution in [1.29, 1.82) is 0 Å². The molecule has 1 aliphatic heterocycles. The number of hydrogen-bond acceptors (Lipinski definition) is 3. The highest BCUT2D eigenvalue weighted by Crippen LogP contribution is 2.13. The molecule has 1 heterocycles. The maximum absolute atomic E-state index is 13.4. The SMILES string of the molecule is CCNC(=NCc1cccc(CN2CCOC(C)C2)c1)NCc1cccc(F)c1.I. The highest BCUT2D eigenvalue weighted by Gasteiger charge is 2.16. The molecule has 1 unspecified atom stereocenters. The van der Waals surface area contributed by atoms with E-state index in [2.05, 4.69) is 51.7 Å². The Kier molecular flexibility index (Phi) is 10.5. The molecule has 30 heavy (non-hydrogen) atoms. The zero-order valence-corrected chi connectivity index (χ0v) is 20.1. The molecule has 0 aromatic heterocycles. The van der Waals surface area contributed by atoms with Gasteiger partial charge in [0.2, 0.25) is 0 Å². The quantitative estimate of drug-likeness (QED) is 0.327. The van der Waals surface area contributed by atoms with Gasteiger partial charge in [-0.15, -0.1) is 24.0 Å². The average Bonchev–Trinajstić information content (AvgIpc) is 2.70. The zero-order valence-electron chi connectivity index (χ0n) is 17.7. The highest BCUT2D eigenvalue weighted by molar-refractivity contribution is 14.0. The zero-order chi connectivity index (χ0) is 20.5. The summed E-state index contributed by atoms with van der Waals surface area (Å²) in [5.41, 5.74) is 3.36. The average molecular weight is 526 g/mol. The van der Waals surface area contributed by atoms with Gasteiger partial charge in [0.25, 0.3) is 0 Å². The smallest absolute Gasteiger partial charge is 0.191 e. The van der Waals surface area contributed by atoms with Gasteiger partial charge < -0.3 is 15.4 Å². The van der Waals surface area contributed by atoms with Crippen LogP contribution in [-0.2, 0) is 24.4 Å². The van der Waals surface area contributed by atoms with Gasteiger partial charge in [0.05, 0.1) is 19.3 Å². The van der Waals surface area contributed by atoms with Crippen LogP contribution in [0.3, 0.4) is 0 Å². The first-order valence-corrected chi connectivity index (χ1v) is 10.3. The standard InChI is InChI=1S/C23H31FN4O.HI/c1-3-25-23(27-15-20-7-5-9-22(24)13-20)26-14-19-6-4-8-21(12-19)17-28-10-11-29-18(2)16-28;/h4-9,12-13,18H,3,10-11,14-17H2,1-2H3,(H2,25,26,27);1H. The second-order valence-electron chi connectivity index (χ2n) is 7.42. The van der Waals surface area contributed by atoms with Crippen molar-refractivity contribution in [3.05, 3.63) is 71.0 Å². The molecule has 2 N–H and O–H groups in total. The van der Waals surface area contributed by atoms with Crippen molar-refractivity contribution in [2.75, 3.05) is 26.2 Å². The van der Waals surface area contributed by atoms with Gasteiger partial charge in [-0.2, -0.15) is 0 Å². The van der Waals surface area contributed by atoms with Gasteiger partial charge in [-0.1, -0.05) is 36.4 Å². The molecule has 164 valence electrons. The first-order valence-electron chi connectivity index (χ1n) is 10.3. The second kappa shape index (κ2) is 12.9. The van der Waals surface area contributed by atoms with Crippen molar-refractivity contribution in [2.45, 2.75) is 39.6 Å². The van der Waals surface area contributed by atoms with Gasteiger partial charge in [-0.25, -0.2) is 9.38 Å². The molecule has 7 heteroatoms. The lowest BCUT2D eigenvalue weighted by Crippen LogP contribution is -2.40. The first-order chi connectivity index (χ1) is 14.1. The van der Waals surface area contributed by atoms with Crippen LogP contribution in [0.4, 0.5) is 4.39 Å². The number of morpholine rings is 1. The van der Waals surface area contributed by atoms with Crippen molar-refractivity contribution in [3.8, 4) is 0 Å². The van der Waals surface area contributed by atoms with Gasteiger partial charge in [-0.3, -0.25) is 4.90 Å². The van der Waals surface area contributed by atoms with Crippen molar-refractivity contribution < 1.29 is 9.13 Å². The summed E-state index contributed by atoms with van der Waals surface area (Å²) < 4.78 is 19.0. The maximum Gasteiger partial charge on any atom is 0.191 e. The van der Waals surface area contributed by atoms with E-state index in [-0.39, 0.29) is 29.8 Å². The van der Waals surface area contributed by atoms with Crippen molar-refractivity contribution >= 4 is 29.9 Å². The molecule has 0 amide bonds. The van der Waals surface area contributed by atoms with Gasteiger partial charge in [0, 0.05) is 32.7 Å². The Morgan fingerprint density at radius 3 is 2.67 bits per heavy atom. The van der Waals surface area contributed by atoms with E-state index in [4.69, 9.17) is 4.74 Å². The summed E-state index contributed by atoms with van der Waals surface area (Å²) in [6, 6.07) is 15.2. The van der Waals surface area contributed by atoms with Crippen LogP contribution >= 0.6 is 24.0 Å². The molecule has 1 fully saturated rings. The number of benzene rings is 2. The fourth-order valence-electron chi connectivity index (χ4n) is 3.46. The first kappa shape index (κ1) is 24.6. The van der Waals surface area contributed by atoms with E-state index in [0.717, 1.165) is 44.3 Å². The summed E-state index contributed by atoms with van der Waals surface area (Å²) in [6.45, 7) is 9.71. The summed E-state index contributed by atoms with van der Waals surface area (Å²) >= 11 is 0. The molecule has 3 rings (SSSR count). The molecule has 0 aliphatic carbocycles. The number of nitrogens with one attached hydrogen (secondary N) is 2. The minimum absolute atomic E-state index is 0. The molecule has 1 atom stereocenters. The monoisotopic (exact) mass is 526 g/mol. The largest absolute Gasteiger partial charge is 0.376 e. The summed E-state index contributed by atoms with van der Waals surface area (Å²) in [6.07, 6.45) is 0.295. The molecule has 2 aromatic rings. The lowest BCUT2D eigenvalue weighted by atomic mass is 10.1. The molecule has 0 saturated carbocycles. The summed E-state index contributed by atoms with van der Waals surface area (Å²) in [5, 5.41) is 6.52. The Hall–Kier alpha value is -1.71. The molecule has 2 aromatic carbocycles. The van der Waals surface area contributed by atoms with Crippen molar-refractivity contribution in [2.24, 2.45) is 4.99 Å². The van der Waals surface area contributed by atoms with Crippen LogP contribution in [0.25, 0.3) is 0 Å². The molecule has 1 aliphatic rings. The number of aliphatic imine (C=N–C) groups is 1. The van der Waals surface area contributed by atoms with Gasteiger partial charge >= 0.3 is 0 Å². The third-order valence-electron chi connectivity index (χ3n) is 4.84. The second-order valence-corrected chi connectivity index (χ2v) is 7.42. The number of rotatable bonds is 7. The topological polar surface area (TPSA) is 48.9 Å². The highest BCUT2D eigenvalue weighted by atomic mass is 127.